The largest absolute Gasteiger partial charge is 0.380 e. The van der Waals surface area contributed by atoms with Crippen LogP contribution in [0, 0.1) is 0 Å². The molecule has 1 rings (SSSR count). The molecule has 0 aromatic heterocycles. The lowest BCUT2D eigenvalue weighted by atomic mass is 9.96. The highest BCUT2D eigenvalue weighted by molar-refractivity contribution is 5.85. The van der Waals surface area contributed by atoms with Crippen molar-refractivity contribution in [3.63, 3.8) is 0 Å². The lowest BCUT2D eigenvalue weighted by molar-refractivity contribution is -0.136. The molecule has 1 amide bonds. The van der Waals surface area contributed by atoms with E-state index in [9.17, 15) is 4.79 Å². The number of likely N-dealkylation sites (tertiary alicyclic amines) is 1. The minimum Gasteiger partial charge on any atom is -0.380 e. The number of nitrogens with zero attached hydrogens (tertiary/aromatic N) is 1. The van der Waals surface area contributed by atoms with Crippen LogP contribution in [-0.2, 0) is 9.53 Å². The van der Waals surface area contributed by atoms with Crippen LogP contribution < -0.4 is 5.73 Å². The minimum atomic E-state index is -0.711. The van der Waals surface area contributed by atoms with Gasteiger partial charge in [-0.25, -0.2) is 0 Å². The molecule has 1 aliphatic rings. The van der Waals surface area contributed by atoms with Gasteiger partial charge in [-0.15, -0.1) is 0 Å². The summed E-state index contributed by atoms with van der Waals surface area (Å²) in [5.41, 5.74) is 5.29. The van der Waals surface area contributed by atoms with E-state index < -0.39 is 5.54 Å². The van der Waals surface area contributed by atoms with Crippen LogP contribution in [0.2, 0.25) is 0 Å². The van der Waals surface area contributed by atoms with Crippen molar-refractivity contribution in [3.05, 3.63) is 0 Å². The molecular formula is C11H22N2O2. The Morgan fingerprint density at radius 3 is 2.80 bits per heavy atom. The number of nitrogens with two attached hydrogens (primary N) is 1. The number of rotatable bonds is 4. The van der Waals surface area contributed by atoms with Crippen molar-refractivity contribution in [1.82, 2.24) is 4.90 Å². The molecule has 88 valence electrons. The van der Waals surface area contributed by atoms with Crippen LogP contribution >= 0.6 is 0 Å². The highest BCUT2D eigenvalue weighted by Crippen LogP contribution is 2.18. The first-order chi connectivity index (χ1) is 7.01. The van der Waals surface area contributed by atoms with Crippen LogP contribution in [0.15, 0.2) is 0 Å². The maximum Gasteiger partial charge on any atom is 0.242 e. The third kappa shape index (κ3) is 2.92. The van der Waals surface area contributed by atoms with Gasteiger partial charge in [-0.2, -0.15) is 0 Å². The van der Waals surface area contributed by atoms with Gasteiger partial charge >= 0.3 is 0 Å². The van der Waals surface area contributed by atoms with Crippen LogP contribution in [0.1, 0.15) is 33.1 Å². The predicted octanol–water partition coefficient (Wildman–Crippen LogP) is 0.751. The fraction of sp³-hybridized carbons (Fsp3) is 0.909. The van der Waals surface area contributed by atoms with Gasteiger partial charge in [-0.3, -0.25) is 4.79 Å². The molecule has 1 saturated heterocycles. The van der Waals surface area contributed by atoms with Crippen molar-refractivity contribution in [2.75, 3.05) is 20.2 Å². The predicted molar refractivity (Wildman–Crippen MR) is 59.5 cm³/mol. The Balaban J connectivity index is 2.54. The van der Waals surface area contributed by atoms with Crippen molar-refractivity contribution < 1.29 is 9.53 Å². The molecule has 2 N–H and O–H groups in total. The van der Waals surface area contributed by atoms with E-state index in [0.717, 1.165) is 25.8 Å². The maximum atomic E-state index is 12.1. The Labute approximate surface area is 91.8 Å². The summed E-state index contributed by atoms with van der Waals surface area (Å²) in [4.78, 5) is 13.9. The van der Waals surface area contributed by atoms with Gasteiger partial charge in [0.05, 0.1) is 11.6 Å². The molecule has 1 heterocycles. The van der Waals surface area contributed by atoms with Gasteiger partial charge in [0.25, 0.3) is 0 Å². The molecule has 0 aromatic carbocycles. The standard InChI is InChI=1S/C11H22N2O2/c1-4-6-11(2,12)10(14)13-7-5-9(8-13)15-3/h9H,4-8,12H2,1-3H3. The van der Waals surface area contributed by atoms with Crippen molar-refractivity contribution >= 4 is 5.91 Å². The van der Waals surface area contributed by atoms with Crippen molar-refractivity contribution in [2.45, 2.75) is 44.8 Å². The molecular weight excluding hydrogens is 192 g/mol. The average Bonchev–Trinajstić information content (AvgIpc) is 2.64. The smallest absolute Gasteiger partial charge is 0.242 e. The van der Waals surface area contributed by atoms with E-state index in [4.69, 9.17) is 10.5 Å². The van der Waals surface area contributed by atoms with E-state index in [-0.39, 0.29) is 12.0 Å². The number of methoxy groups -OCH3 is 1. The Hall–Kier alpha value is -0.610. The van der Waals surface area contributed by atoms with E-state index >= 15 is 0 Å². The molecule has 4 heteroatoms. The zero-order valence-corrected chi connectivity index (χ0v) is 9.95. The summed E-state index contributed by atoms with van der Waals surface area (Å²) in [6.07, 6.45) is 2.77. The first kappa shape index (κ1) is 12.5. The third-order valence-electron chi connectivity index (χ3n) is 3.02. The van der Waals surface area contributed by atoms with Crippen LogP contribution in [0.5, 0.6) is 0 Å². The van der Waals surface area contributed by atoms with Crippen LogP contribution in [-0.4, -0.2) is 42.6 Å². The van der Waals surface area contributed by atoms with Gasteiger partial charge in [0.2, 0.25) is 5.91 Å². The lowest BCUT2D eigenvalue weighted by Gasteiger charge is -2.28. The molecule has 0 aliphatic carbocycles. The van der Waals surface area contributed by atoms with Crippen molar-refractivity contribution in [2.24, 2.45) is 5.73 Å². The zero-order chi connectivity index (χ0) is 11.5. The molecule has 2 atom stereocenters. The average molecular weight is 214 g/mol. The van der Waals surface area contributed by atoms with E-state index in [0.29, 0.717) is 6.54 Å². The van der Waals surface area contributed by atoms with Crippen LogP contribution in [0.4, 0.5) is 0 Å². The second-order valence-corrected chi connectivity index (χ2v) is 4.57. The van der Waals surface area contributed by atoms with Gasteiger partial charge in [-0.05, 0) is 19.8 Å². The number of hydrogen-bond donors (Lipinski definition) is 1. The van der Waals surface area contributed by atoms with Gasteiger partial charge in [0, 0.05) is 20.2 Å². The number of carbonyl (C=O) groups excluding carboxylic acids is 1. The highest BCUT2D eigenvalue weighted by Gasteiger charge is 2.35. The van der Waals surface area contributed by atoms with E-state index in [1.807, 2.05) is 18.7 Å². The molecule has 4 nitrogen and oxygen atoms in total. The Bertz CT molecular complexity index is 229. The summed E-state index contributed by atoms with van der Waals surface area (Å²) in [7, 11) is 1.69. The van der Waals surface area contributed by atoms with Crippen LogP contribution in [0.25, 0.3) is 0 Å². The van der Waals surface area contributed by atoms with Gasteiger partial charge in [0.15, 0.2) is 0 Å². The molecule has 2 unspecified atom stereocenters. The number of hydrogen-bond acceptors (Lipinski definition) is 3. The third-order valence-corrected chi connectivity index (χ3v) is 3.02. The SMILES string of the molecule is CCCC(C)(N)C(=O)N1CCC(OC)C1. The molecule has 0 radical (unpaired) electrons. The fourth-order valence-corrected chi connectivity index (χ4v) is 2.09. The molecule has 0 aromatic rings. The lowest BCUT2D eigenvalue weighted by Crippen LogP contribution is -2.52. The van der Waals surface area contributed by atoms with E-state index in [1.54, 1.807) is 7.11 Å². The molecule has 15 heavy (non-hydrogen) atoms. The van der Waals surface area contributed by atoms with Crippen molar-refractivity contribution in [1.29, 1.82) is 0 Å². The summed E-state index contributed by atoms with van der Waals surface area (Å²) in [5, 5.41) is 0. The monoisotopic (exact) mass is 214 g/mol. The topological polar surface area (TPSA) is 55.6 Å². The molecule has 1 fully saturated rings. The summed E-state index contributed by atoms with van der Waals surface area (Å²) in [6, 6.07) is 0. The molecule has 1 aliphatic heterocycles. The minimum absolute atomic E-state index is 0.0592. The van der Waals surface area contributed by atoms with Gasteiger partial charge in [0.1, 0.15) is 0 Å². The second kappa shape index (κ2) is 4.94. The first-order valence-electron chi connectivity index (χ1n) is 5.62. The number of ether oxygens (including phenoxy) is 1. The van der Waals surface area contributed by atoms with Gasteiger partial charge < -0.3 is 15.4 Å². The quantitative estimate of drug-likeness (QED) is 0.751. The summed E-state index contributed by atoms with van der Waals surface area (Å²) in [6.45, 7) is 5.32. The Morgan fingerprint density at radius 1 is 1.67 bits per heavy atom. The maximum absolute atomic E-state index is 12.1. The van der Waals surface area contributed by atoms with E-state index in [2.05, 4.69) is 0 Å². The molecule has 0 bridgehead atoms. The fourth-order valence-electron chi connectivity index (χ4n) is 2.09. The summed E-state index contributed by atoms with van der Waals surface area (Å²) < 4.78 is 5.23. The van der Waals surface area contributed by atoms with Crippen molar-refractivity contribution in [3.8, 4) is 0 Å². The number of amides is 1. The van der Waals surface area contributed by atoms with Crippen LogP contribution in [0.3, 0.4) is 0 Å². The first-order valence-corrected chi connectivity index (χ1v) is 5.62. The Morgan fingerprint density at radius 2 is 2.33 bits per heavy atom. The Kier molecular flexibility index (Phi) is 4.11. The second-order valence-electron chi connectivity index (χ2n) is 4.57. The molecule has 0 saturated carbocycles. The highest BCUT2D eigenvalue weighted by atomic mass is 16.5. The summed E-state index contributed by atoms with van der Waals surface area (Å²) in [5.74, 6) is 0.0592. The number of carbonyl (C=O) groups is 1. The van der Waals surface area contributed by atoms with Gasteiger partial charge in [-0.1, -0.05) is 13.3 Å². The summed E-state index contributed by atoms with van der Waals surface area (Å²) >= 11 is 0. The van der Waals surface area contributed by atoms with E-state index in [1.165, 1.54) is 0 Å². The zero-order valence-electron chi connectivity index (χ0n) is 9.95. The molecule has 0 spiro atoms. The normalized spacial score (nSPS) is 25.3.